The number of hydrogen-bond acceptors (Lipinski definition) is 7. The van der Waals surface area contributed by atoms with E-state index in [9.17, 15) is 0 Å². The summed E-state index contributed by atoms with van der Waals surface area (Å²) >= 11 is 3.57. The fourth-order valence-corrected chi connectivity index (χ4v) is 8.99. The Labute approximate surface area is 263 Å². The summed E-state index contributed by atoms with van der Waals surface area (Å²) in [6, 6.07) is 37.5. The van der Waals surface area contributed by atoms with Crippen LogP contribution in [-0.4, -0.2) is 29.5 Å². The summed E-state index contributed by atoms with van der Waals surface area (Å²) in [6.45, 7) is 0. The Morgan fingerprint density at radius 2 is 1.18 bits per heavy atom. The maximum atomic E-state index is 5.20. The van der Waals surface area contributed by atoms with Crippen molar-refractivity contribution in [1.82, 2.24) is 29.5 Å². The molecule has 0 saturated heterocycles. The van der Waals surface area contributed by atoms with E-state index in [1.54, 1.807) is 17.7 Å². The Hall–Kier alpha value is -5.57. The Balaban J connectivity index is 1.46. The van der Waals surface area contributed by atoms with Crippen LogP contribution >= 0.6 is 22.7 Å². The molecule has 0 unspecified atom stereocenters. The molecule has 0 spiro atoms. The van der Waals surface area contributed by atoms with Gasteiger partial charge in [-0.1, -0.05) is 97.1 Å². The summed E-state index contributed by atoms with van der Waals surface area (Å²) in [7, 11) is 0. The smallest absolute Gasteiger partial charge is 0.238 e. The highest BCUT2D eigenvalue weighted by molar-refractivity contribution is 7.33. The minimum atomic E-state index is 0.584. The van der Waals surface area contributed by atoms with E-state index in [-0.39, 0.29) is 0 Å². The molecule has 8 heteroatoms. The largest absolute Gasteiger partial charge is 0.277 e. The lowest BCUT2D eigenvalue weighted by molar-refractivity contribution is 0.955. The van der Waals surface area contributed by atoms with Gasteiger partial charge in [-0.25, -0.2) is 15.0 Å². The molecule has 0 fully saturated rings. The lowest BCUT2D eigenvalue weighted by Gasteiger charge is -2.11. The summed E-state index contributed by atoms with van der Waals surface area (Å²) in [5.41, 5.74) is 4.00. The first kappa shape index (κ1) is 24.8. The first-order valence-corrected chi connectivity index (χ1v) is 16.2. The Morgan fingerprint density at radius 1 is 0.533 bits per heavy atom. The molecule has 0 aliphatic rings. The maximum absolute atomic E-state index is 5.20. The molecular formula is C37H20N6S2. The van der Waals surface area contributed by atoms with Crippen molar-refractivity contribution in [2.24, 2.45) is 0 Å². The van der Waals surface area contributed by atoms with Crippen molar-refractivity contribution in [3.05, 3.63) is 122 Å². The van der Waals surface area contributed by atoms with Crippen LogP contribution in [0.3, 0.4) is 0 Å². The second kappa shape index (κ2) is 9.46. The van der Waals surface area contributed by atoms with E-state index in [2.05, 4.69) is 58.1 Å². The van der Waals surface area contributed by atoms with Gasteiger partial charge in [0.1, 0.15) is 11.2 Å². The lowest BCUT2D eigenvalue weighted by atomic mass is 10.0. The van der Waals surface area contributed by atoms with E-state index in [1.807, 2.05) is 78.2 Å². The van der Waals surface area contributed by atoms with Crippen LogP contribution in [0.2, 0.25) is 0 Å². The molecule has 0 amide bonds. The number of nitrogens with zero attached hydrogens (tertiary/aromatic N) is 6. The first-order chi connectivity index (χ1) is 22.3. The van der Waals surface area contributed by atoms with E-state index in [0.29, 0.717) is 17.6 Å². The molecule has 45 heavy (non-hydrogen) atoms. The number of hydrogen-bond donors (Lipinski definition) is 0. The minimum Gasteiger partial charge on any atom is -0.277 e. The quantitative estimate of drug-likeness (QED) is 0.199. The van der Waals surface area contributed by atoms with Gasteiger partial charge in [0.2, 0.25) is 5.95 Å². The number of aromatic nitrogens is 6. The van der Waals surface area contributed by atoms with Crippen molar-refractivity contribution in [3.63, 3.8) is 0 Å². The lowest BCUT2D eigenvalue weighted by Crippen LogP contribution is -2.06. The molecule has 6 nitrogen and oxygen atoms in total. The van der Waals surface area contributed by atoms with E-state index >= 15 is 0 Å². The van der Waals surface area contributed by atoms with Gasteiger partial charge in [-0.15, -0.1) is 22.7 Å². The fraction of sp³-hybridized carbons (Fsp3) is 0. The van der Waals surface area contributed by atoms with Gasteiger partial charge in [-0.05, 0) is 12.1 Å². The van der Waals surface area contributed by atoms with Crippen LogP contribution in [0, 0.1) is 0 Å². The summed E-state index contributed by atoms with van der Waals surface area (Å²) in [5.74, 6) is 1.85. The highest BCUT2D eigenvalue weighted by Gasteiger charge is 2.26. The Bertz CT molecular complexity index is 2700. The van der Waals surface area contributed by atoms with Gasteiger partial charge in [0.25, 0.3) is 0 Å². The number of benzene rings is 5. The van der Waals surface area contributed by atoms with Crippen molar-refractivity contribution in [1.29, 1.82) is 0 Å². The van der Waals surface area contributed by atoms with Crippen LogP contribution in [0.1, 0.15) is 0 Å². The molecule has 5 aromatic carbocycles. The third kappa shape index (κ3) is 3.58. The van der Waals surface area contributed by atoms with Crippen LogP contribution in [0.25, 0.3) is 91.0 Å². The number of rotatable bonds is 3. The second-order valence-electron chi connectivity index (χ2n) is 10.9. The average molecular weight is 613 g/mol. The van der Waals surface area contributed by atoms with Gasteiger partial charge in [-0.2, -0.15) is 9.97 Å². The van der Waals surface area contributed by atoms with Crippen molar-refractivity contribution in [2.75, 3.05) is 0 Å². The molecule has 210 valence electrons. The predicted molar refractivity (Wildman–Crippen MR) is 186 cm³/mol. The topological polar surface area (TPSA) is 69.4 Å². The van der Waals surface area contributed by atoms with Gasteiger partial charge in [0.05, 0.1) is 20.4 Å². The molecular weight excluding hydrogens is 593 g/mol. The van der Waals surface area contributed by atoms with Crippen molar-refractivity contribution in [3.8, 4) is 28.7 Å². The Morgan fingerprint density at radius 3 is 1.93 bits per heavy atom. The molecule has 5 heterocycles. The highest BCUT2D eigenvalue weighted by Crippen LogP contribution is 2.51. The maximum Gasteiger partial charge on any atom is 0.238 e. The second-order valence-corrected chi connectivity index (χ2v) is 13.0. The van der Waals surface area contributed by atoms with Crippen LogP contribution in [0.5, 0.6) is 0 Å². The van der Waals surface area contributed by atoms with Gasteiger partial charge >= 0.3 is 0 Å². The molecule has 10 aromatic rings. The van der Waals surface area contributed by atoms with Crippen LogP contribution in [-0.2, 0) is 0 Å². The average Bonchev–Trinajstić information content (AvgIpc) is 3.79. The SMILES string of the molecule is c1ccc(-c2nc(-c3ccccc3)nc(-n3c4ccccc4c4c5c6cncnc6sc5c5sc6ccccc6c5c43)n2)cc1. The third-order valence-corrected chi connectivity index (χ3v) is 10.9. The molecule has 0 aliphatic carbocycles. The normalized spacial score (nSPS) is 12.0. The molecule has 0 N–H and O–H groups in total. The minimum absolute atomic E-state index is 0.584. The van der Waals surface area contributed by atoms with E-state index in [1.165, 1.54) is 35.6 Å². The van der Waals surface area contributed by atoms with Gasteiger partial charge in [0, 0.05) is 54.3 Å². The van der Waals surface area contributed by atoms with Crippen LogP contribution in [0.15, 0.2) is 122 Å². The van der Waals surface area contributed by atoms with Crippen molar-refractivity contribution < 1.29 is 0 Å². The number of para-hydroxylation sites is 1. The Kier molecular flexibility index (Phi) is 5.22. The van der Waals surface area contributed by atoms with Gasteiger partial charge < -0.3 is 0 Å². The molecule has 0 atom stereocenters. The monoisotopic (exact) mass is 612 g/mol. The molecule has 0 aliphatic heterocycles. The fourth-order valence-electron chi connectivity index (χ4n) is 6.52. The van der Waals surface area contributed by atoms with Gasteiger partial charge in [0.15, 0.2) is 11.6 Å². The standard InChI is InChI=1S/C37H20N6S2/c1-3-11-21(12-4-1)34-40-35(22-13-5-2-6-14-22)42-37(41-34)43-26-17-9-7-15-23(26)28-29-25-19-38-20-39-36(25)45-32(29)33-30(31(28)43)24-16-8-10-18-27(24)44-33/h1-20H. The zero-order valence-electron chi connectivity index (χ0n) is 23.5. The van der Waals surface area contributed by atoms with E-state index < -0.39 is 0 Å². The molecule has 0 radical (unpaired) electrons. The molecule has 0 bridgehead atoms. The van der Waals surface area contributed by atoms with E-state index in [0.717, 1.165) is 37.8 Å². The summed E-state index contributed by atoms with van der Waals surface area (Å²) < 4.78 is 5.97. The highest BCUT2D eigenvalue weighted by atomic mass is 32.1. The zero-order valence-corrected chi connectivity index (χ0v) is 25.2. The third-order valence-electron chi connectivity index (χ3n) is 8.42. The molecule has 0 saturated carbocycles. The van der Waals surface area contributed by atoms with Gasteiger partial charge in [-0.3, -0.25) is 4.57 Å². The summed E-state index contributed by atoms with van der Waals surface area (Å²) in [5, 5.41) is 6.98. The number of fused-ring (bicyclic) bond motifs is 12. The van der Waals surface area contributed by atoms with Crippen molar-refractivity contribution in [2.45, 2.75) is 0 Å². The summed E-state index contributed by atoms with van der Waals surface area (Å²) in [6.07, 6.45) is 3.59. The van der Waals surface area contributed by atoms with Crippen LogP contribution in [0.4, 0.5) is 0 Å². The van der Waals surface area contributed by atoms with E-state index in [4.69, 9.17) is 19.9 Å². The molecule has 10 rings (SSSR count). The van der Waals surface area contributed by atoms with Crippen molar-refractivity contribution >= 4 is 85.0 Å². The summed E-state index contributed by atoms with van der Waals surface area (Å²) in [4.78, 5) is 25.5. The first-order valence-electron chi connectivity index (χ1n) is 14.6. The zero-order chi connectivity index (χ0) is 29.5. The predicted octanol–water partition coefficient (Wildman–Crippen LogP) is 9.83. The number of thiophene rings is 2. The van der Waals surface area contributed by atoms with Crippen LogP contribution < -0.4 is 0 Å². The molecule has 5 aromatic heterocycles.